The molecule has 0 saturated carbocycles. The van der Waals surface area contributed by atoms with Gasteiger partial charge < -0.3 is 10.5 Å². The average molecular weight is 302 g/mol. The van der Waals surface area contributed by atoms with Crippen LogP contribution in [0.1, 0.15) is 18.9 Å². The fourth-order valence-electron chi connectivity index (χ4n) is 2.30. The number of nitrogens with one attached hydrogen (secondary N) is 1. The third-order valence-corrected chi connectivity index (χ3v) is 5.19. The van der Waals surface area contributed by atoms with Gasteiger partial charge in [-0.15, -0.1) is 0 Å². The van der Waals surface area contributed by atoms with E-state index in [2.05, 4.69) is 4.72 Å². The van der Waals surface area contributed by atoms with E-state index in [1.807, 2.05) is 0 Å². The van der Waals surface area contributed by atoms with Crippen molar-refractivity contribution in [3.05, 3.63) is 29.6 Å². The van der Waals surface area contributed by atoms with Crippen molar-refractivity contribution in [2.45, 2.75) is 30.8 Å². The molecule has 2 rings (SSSR count). The number of ether oxygens (including phenoxy) is 1. The second kappa shape index (κ2) is 6.17. The predicted octanol–water partition coefficient (Wildman–Crippen LogP) is 0.988. The smallest absolute Gasteiger partial charge is 0.241 e. The zero-order valence-corrected chi connectivity index (χ0v) is 12.1. The third-order valence-electron chi connectivity index (χ3n) is 3.55. The molecule has 20 heavy (non-hydrogen) atoms. The molecule has 0 amide bonds. The molecule has 1 aromatic rings. The van der Waals surface area contributed by atoms with Crippen LogP contribution in [0.2, 0.25) is 0 Å². The monoisotopic (exact) mass is 302 g/mol. The predicted molar refractivity (Wildman–Crippen MR) is 73.0 cm³/mol. The van der Waals surface area contributed by atoms with Crippen LogP contribution in [0.5, 0.6) is 0 Å². The van der Waals surface area contributed by atoms with Crippen molar-refractivity contribution in [3.8, 4) is 0 Å². The van der Waals surface area contributed by atoms with Crippen LogP contribution in [0.25, 0.3) is 0 Å². The summed E-state index contributed by atoms with van der Waals surface area (Å²) in [6, 6.07) is 3.34. The van der Waals surface area contributed by atoms with Crippen molar-refractivity contribution in [3.63, 3.8) is 0 Å². The fourth-order valence-corrected chi connectivity index (χ4v) is 3.87. The van der Waals surface area contributed by atoms with E-state index in [9.17, 15) is 12.8 Å². The number of hydrogen-bond donors (Lipinski definition) is 2. The SMILES string of the molecule is CC(NS(=O)(=O)c1cc(F)ccc1CN)C1CCOC1. The molecule has 1 fully saturated rings. The van der Waals surface area contributed by atoms with Crippen LogP contribution >= 0.6 is 0 Å². The van der Waals surface area contributed by atoms with E-state index >= 15 is 0 Å². The van der Waals surface area contributed by atoms with Crippen molar-refractivity contribution in [1.82, 2.24) is 4.72 Å². The maximum atomic E-state index is 13.3. The lowest BCUT2D eigenvalue weighted by Crippen LogP contribution is -2.38. The van der Waals surface area contributed by atoms with Crippen molar-refractivity contribution < 1.29 is 17.5 Å². The Labute approximate surface area is 118 Å². The van der Waals surface area contributed by atoms with Crippen molar-refractivity contribution in [1.29, 1.82) is 0 Å². The van der Waals surface area contributed by atoms with Gasteiger partial charge in [0.05, 0.1) is 11.5 Å². The molecule has 5 nitrogen and oxygen atoms in total. The van der Waals surface area contributed by atoms with Crippen molar-refractivity contribution in [2.75, 3.05) is 13.2 Å². The molecular weight excluding hydrogens is 283 g/mol. The zero-order valence-electron chi connectivity index (χ0n) is 11.3. The lowest BCUT2D eigenvalue weighted by molar-refractivity contribution is 0.180. The highest BCUT2D eigenvalue weighted by Gasteiger charge is 2.28. The first-order chi connectivity index (χ1) is 9.44. The summed E-state index contributed by atoms with van der Waals surface area (Å²) < 4.78 is 45.8. The van der Waals surface area contributed by atoms with Crippen LogP contribution in [0, 0.1) is 11.7 Å². The van der Waals surface area contributed by atoms with Gasteiger partial charge >= 0.3 is 0 Å². The third kappa shape index (κ3) is 3.35. The maximum Gasteiger partial charge on any atom is 0.241 e. The summed E-state index contributed by atoms with van der Waals surface area (Å²) in [6.07, 6.45) is 0.816. The van der Waals surface area contributed by atoms with Gasteiger partial charge in [0, 0.05) is 25.1 Å². The van der Waals surface area contributed by atoms with E-state index in [1.165, 1.54) is 12.1 Å². The Balaban J connectivity index is 2.23. The number of nitrogens with two attached hydrogens (primary N) is 1. The first kappa shape index (κ1) is 15.4. The summed E-state index contributed by atoms with van der Waals surface area (Å²) in [4.78, 5) is -0.0919. The minimum absolute atomic E-state index is 0.0391. The van der Waals surface area contributed by atoms with Gasteiger partial charge in [-0.1, -0.05) is 6.07 Å². The second-order valence-corrected chi connectivity index (χ2v) is 6.67. The Kier molecular flexibility index (Phi) is 4.74. The van der Waals surface area contributed by atoms with E-state index in [0.717, 1.165) is 12.5 Å². The number of benzene rings is 1. The standard InChI is InChI=1S/C13H19FN2O3S/c1-9(11-4-5-19-8-11)16-20(17,18)13-6-12(14)3-2-10(13)7-15/h2-3,6,9,11,16H,4-5,7-8,15H2,1H3. The molecular formula is C13H19FN2O3S. The van der Waals surface area contributed by atoms with Crippen molar-refractivity contribution >= 4 is 10.0 Å². The van der Waals surface area contributed by atoms with E-state index < -0.39 is 15.8 Å². The van der Waals surface area contributed by atoms with Gasteiger partial charge in [-0.2, -0.15) is 0 Å². The van der Waals surface area contributed by atoms with E-state index in [-0.39, 0.29) is 23.4 Å². The summed E-state index contributed by atoms with van der Waals surface area (Å²) in [6.45, 7) is 3.01. The topological polar surface area (TPSA) is 81.4 Å². The Hall–Kier alpha value is -1.02. The van der Waals surface area contributed by atoms with Crippen LogP contribution < -0.4 is 10.5 Å². The van der Waals surface area contributed by atoms with Gasteiger partial charge in [-0.25, -0.2) is 17.5 Å². The molecule has 0 aliphatic carbocycles. The molecule has 0 aromatic heterocycles. The van der Waals surface area contributed by atoms with Crippen LogP contribution in [0.15, 0.2) is 23.1 Å². The molecule has 1 aliphatic heterocycles. The van der Waals surface area contributed by atoms with Gasteiger partial charge in [0.2, 0.25) is 10.0 Å². The summed E-state index contributed by atoms with van der Waals surface area (Å²) >= 11 is 0. The molecule has 1 heterocycles. The Morgan fingerprint density at radius 1 is 1.55 bits per heavy atom. The Morgan fingerprint density at radius 3 is 2.90 bits per heavy atom. The average Bonchev–Trinajstić information content (AvgIpc) is 2.92. The summed E-state index contributed by atoms with van der Waals surface area (Å²) in [7, 11) is -3.79. The number of sulfonamides is 1. The minimum Gasteiger partial charge on any atom is -0.381 e. The van der Waals surface area contributed by atoms with Crippen LogP contribution in [0.3, 0.4) is 0 Å². The molecule has 112 valence electrons. The molecule has 1 aliphatic rings. The molecule has 0 spiro atoms. The minimum atomic E-state index is -3.79. The van der Waals surface area contributed by atoms with Gasteiger partial charge in [-0.3, -0.25) is 0 Å². The van der Waals surface area contributed by atoms with Gasteiger partial charge in [-0.05, 0) is 31.0 Å². The lowest BCUT2D eigenvalue weighted by Gasteiger charge is -2.20. The highest BCUT2D eigenvalue weighted by Crippen LogP contribution is 2.21. The van der Waals surface area contributed by atoms with Gasteiger partial charge in [0.1, 0.15) is 5.82 Å². The van der Waals surface area contributed by atoms with Crippen LogP contribution in [0.4, 0.5) is 4.39 Å². The summed E-state index contributed by atoms with van der Waals surface area (Å²) in [5.41, 5.74) is 5.91. The lowest BCUT2D eigenvalue weighted by atomic mass is 10.0. The second-order valence-electron chi connectivity index (χ2n) is 4.99. The van der Waals surface area contributed by atoms with Crippen LogP contribution in [-0.2, 0) is 21.3 Å². The molecule has 2 unspecified atom stereocenters. The van der Waals surface area contributed by atoms with Gasteiger partial charge in [0.15, 0.2) is 0 Å². The highest BCUT2D eigenvalue weighted by atomic mass is 32.2. The Bertz CT molecular complexity index is 571. The summed E-state index contributed by atoms with van der Waals surface area (Å²) in [5, 5.41) is 0. The van der Waals surface area contributed by atoms with E-state index in [0.29, 0.717) is 18.8 Å². The molecule has 3 N–H and O–H groups in total. The van der Waals surface area contributed by atoms with Gasteiger partial charge in [0.25, 0.3) is 0 Å². The van der Waals surface area contributed by atoms with E-state index in [4.69, 9.17) is 10.5 Å². The molecule has 0 radical (unpaired) electrons. The van der Waals surface area contributed by atoms with E-state index in [1.54, 1.807) is 6.92 Å². The molecule has 7 heteroatoms. The largest absolute Gasteiger partial charge is 0.381 e. The Morgan fingerprint density at radius 2 is 2.30 bits per heavy atom. The van der Waals surface area contributed by atoms with Crippen LogP contribution in [-0.4, -0.2) is 27.7 Å². The quantitative estimate of drug-likeness (QED) is 0.850. The van der Waals surface area contributed by atoms with Crippen molar-refractivity contribution in [2.24, 2.45) is 11.7 Å². The normalized spacial score (nSPS) is 21.1. The highest BCUT2D eigenvalue weighted by molar-refractivity contribution is 7.89. The number of rotatable bonds is 5. The molecule has 1 saturated heterocycles. The number of hydrogen-bond acceptors (Lipinski definition) is 4. The fraction of sp³-hybridized carbons (Fsp3) is 0.538. The maximum absolute atomic E-state index is 13.3. The number of halogens is 1. The first-order valence-corrected chi connectivity index (χ1v) is 8.01. The molecule has 2 atom stereocenters. The summed E-state index contributed by atoms with van der Waals surface area (Å²) in [5.74, 6) is -0.459. The first-order valence-electron chi connectivity index (χ1n) is 6.52. The zero-order chi connectivity index (χ0) is 14.8. The molecule has 1 aromatic carbocycles. The molecule has 0 bridgehead atoms.